The quantitative estimate of drug-likeness (QED) is 0.569. The number of benzene rings is 2. The largest absolute Gasteiger partial charge is 0.486 e. The Kier molecular flexibility index (Phi) is 6.80. The highest BCUT2D eigenvalue weighted by molar-refractivity contribution is 5.94. The fourth-order valence-corrected chi connectivity index (χ4v) is 3.91. The number of hydrogen-bond acceptors (Lipinski definition) is 6. The van der Waals surface area contributed by atoms with Crippen molar-refractivity contribution in [3.8, 4) is 5.75 Å². The molecule has 0 atom stereocenters. The lowest BCUT2D eigenvalue weighted by atomic mass is 10.1. The van der Waals surface area contributed by atoms with E-state index in [1.165, 1.54) is 11.1 Å². The summed E-state index contributed by atoms with van der Waals surface area (Å²) in [5.74, 6) is 1.42. The van der Waals surface area contributed by atoms with Crippen LogP contribution in [0.15, 0.2) is 48.5 Å². The fourth-order valence-electron chi connectivity index (χ4n) is 3.91. The zero-order valence-corrected chi connectivity index (χ0v) is 18.9. The van der Waals surface area contributed by atoms with Crippen LogP contribution in [0.5, 0.6) is 5.75 Å². The van der Waals surface area contributed by atoms with E-state index < -0.39 is 0 Å². The molecule has 0 aliphatic carbocycles. The summed E-state index contributed by atoms with van der Waals surface area (Å²) in [6.45, 7) is 10.6. The molecule has 0 unspecified atom stereocenters. The van der Waals surface area contributed by atoms with E-state index in [0.29, 0.717) is 17.1 Å². The third kappa shape index (κ3) is 5.31. The number of nitrogens with zero attached hydrogens (tertiary/aromatic N) is 6. The summed E-state index contributed by atoms with van der Waals surface area (Å²) >= 11 is 0. The summed E-state index contributed by atoms with van der Waals surface area (Å²) in [7, 11) is 0. The van der Waals surface area contributed by atoms with Crippen molar-refractivity contribution in [3.05, 3.63) is 71.0 Å². The number of rotatable bonds is 7. The van der Waals surface area contributed by atoms with Gasteiger partial charge in [-0.1, -0.05) is 29.8 Å². The van der Waals surface area contributed by atoms with E-state index in [2.05, 4.69) is 51.6 Å². The van der Waals surface area contributed by atoms with E-state index in [-0.39, 0.29) is 18.6 Å². The highest BCUT2D eigenvalue weighted by atomic mass is 16.5. The Labute approximate surface area is 188 Å². The number of tetrazole rings is 1. The third-order valence-electron chi connectivity index (χ3n) is 5.67. The molecule has 1 aliphatic heterocycles. The lowest BCUT2D eigenvalue weighted by Crippen LogP contribution is -2.48. The molecule has 2 heterocycles. The van der Waals surface area contributed by atoms with E-state index in [1.807, 2.05) is 43.0 Å². The Bertz CT molecular complexity index is 1040. The summed E-state index contributed by atoms with van der Waals surface area (Å²) in [6, 6.07) is 16.1. The van der Waals surface area contributed by atoms with Gasteiger partial charge in [-0.15, -0.1) is 5.10 Å². The molecule has 3 aromatic rings. The molecule has 1 aliphatic rings. The topological polar surface area (TPSA) is 76.4 Å². The van der Waals surface area contributed by atoms with Gasteiger partial charge in [-0.2, -0.15) is 0 Å². The number of aryl methyl sites for hydroxylation is 1. The van der Waals surface area contributed by atoms with Gasteiger partial charge >= 0.3 is 0 Å². The van der Waals surface area contributed by atoms with Gasteiger partial charge in [0, 0.05) is 38.3 Å². The van der Waals surface area contributed by atoms with Crippen LogP contribution >= 0.6 is 0 Å². The van der Waals surface area contributed by atoms with Gasteiger partial charge in [-0.25, -0.2) is 4.68 Å². The lowest BCUT2D eigenvalue weighted by Gasteiger charge is -2.34. The molecule has 2 aromatic carbocycles. The number of hydrogen-bond donors (Lipinski definition) is 0. The van der Waals surface area contributed by atoms with Gasteiger partial charge in [-0.05, 0) is 61.0 Å². The molecule has 1 saturated heterocycles. The molecule has 0 saturated carbocycles. The van der Waals surface area contributed by atoms with Crippen molar-refractivity contribution in [3.63, 3.8) is 0 Å². The molecule has 4 rings (SSSR count). The summed E-state index contributed by atoms with van der Waals surface area (Å²) in [6.07, 6.45) is 0. The second kappa shape index (κ2) is 9.91. The van der Waals surface area contributed by atoms with E-state index in [0.717, 1.165) is 32.7 Å². The van der Waals surface area contributed by atoms with Gasteiger partial charge in [0.05, 0.1) is 6.04 Å². The monoisotopic (exact) mass is 434 g/mol. The van der Waals surface area contributed by atoms with Crippen molar-refractivity contribution in [2.45, 2.75) is 40.0 Å². The lowest BCUT2D eigenvalue weighted by molar-refractivity contribution is 0.0628. The molecule has 8 nitrogen and oxygen atoms in total. The molecule has 0 spiro atoms. The fraction of sp³-hybridized carbons (Fsp3) is 0.417. The van der Waals surface area contributed by atoms with Gasteiger partial charge in [0.2, 0.25) is 0 Å². The average molecular weight is 435 g/mol. The maximum absolute atomic E-state index is 12.9. The van der Waals surface area contributed by atoms with Crippen molar-refractivity contribution in [2.24, 2.45) is 0 Å². The minimum absolute atomic E-state index is 0.0653. The standard InChI is InChI=1S/C24H30N6O2/c1-18(2)30-23(25-26-27-30)17-32-22-9-7-21(8-10-22)24(31)29-13-11-28(12-14-29)16-20-6-4-5-19(3)15-20/h4-10,15,18H,11-14,16-17H2,1-3H3. The molecule has 0 bridgehead atoms. The van der Waals surface area contributed by atoms with Crippen molar-refractivity contribution < 1.29 is 9.53 Å². The first-order valence-corrected chi connectivity index (χ1v) is 11.1. The van der Waals surface area contributed by atoms with Crippen molar-refractivity contribution in [1.29, 1.82) is 0 Å². The number of carbonyl (C=O) groups excluding carboxylic acids is 1. The van der Waals surface area contributed by atoms with E-state index in [4.69, 9.17) is 4.74 Å². The zero-order valence-electron chi connectivity index (χ0n) is 18.9. The Morgan fingerprint density at radius 3 is 2.50 bits per heavy atom. The Morgan fingerprint density at radius 1 is 1.06 bits per heavy atom. The van der Waals surface area contributed by atoms with Crippen LogP contribution < -0.4 is 4.74 Å². The maximum Gasteiger partial charge on any atom is 0.253 e. The molecule has 1 amide bonds. The summed E-state index contributed by atoms with van der Waals surface area (Å²) in [4.78, 5) is 17.3. The molecule has 0 radical (unpaired) electrons. The Morgan fingerprint density at radius 2 is 1.81 bits per heavy atom. The molecule has 1 aromatic heterocycles. The van der Waals surface area contributed by atoms with Crippen molar-refractivity contribution in [1.82, 2.24) is 30.0 Å². The van der Waals surface area contributed by atoms with E-state index >= 15 is 0 Å². The highest BCUT2D eigenvalue weighted by Gasteiger charge is 2.22. The molecular formula is C24H30N6O2. The molecule has 8 heteroatoms. The summed E-state index contributed by atoms with van der Waals surface area (Å²) < 4.78 is 7.54. The number of amides is 1. The number of piperazine rings is 1. The minimum Gasteiger partial charge on any atom is -0.486 e. The second-order valence-corrected chi connectivity index (χ2v) is 8.50. The van der Waals surface area contributed by atoms with Crippen LogP contribution in [0.25, 0.3) is 0 Å². The Balaban J connectivity index is 1.28. The number of carbonyl (C=O) groups is 1. The van der Waals surface area contributed by atoms with Crippen LogP contribution in [0.1, 0.15) is 47.2 Å². The smallest absolute Gasteiger partial charge is 0.253 e. The summed E-state index contributed by atoms with van der Waals surface area (Å²) in [5.41, 5.74) is 3.28. The summed E-state index contributed by atoms with van der Waals surface area (Å²) in [5, 5.41) is 11.7. The van der Waals surface area contributed by atoms with Gasteiger partial charge in [0.1, 0.15) is 12.4 Å². The Hall–Kier alpha value is -3.26. The normalized spacial score (nSPS) is 14.7. The third-order valence-corrected chi connectivity index (χ3v) is 5.67. The van der Waals surface area contributed by atoms with Crippen LogP contribution in [-0.4, -0.2) is 62.1 Å². The molecule has 0 N–H and O–H groups in total. The SMILES string of the molecule is Cc1cccc(CN2CCN(C(=O)c3ccc(OCc4nnnn4C(C)C)cc3)CC2)c1. The maximum atomic E-state index is 12.9. The van der Waals surface area contributed by atoms with Crippen molar-refractivity contribution >= 4 is 5.91 Å². The van der Waals surface area contributed by atoms with Crippen LogP contribution in [-0.2, 0) is 13.2 Å². The predicted molar refractivity (Wildman–Crippen MR) is 121 cm³/mol. The second-order valence-electron chi connectivity index (χ2n) is 8.50. The minimum atomic E-state index is 0.0653. The molecular weight excluding hydrogens is 404 g/mol. The number of aromatic nitrogens is 4. The molecule has 1 fully saturated rings. The van der Waals surface area contributed by atoms with Crippen LogP contribution in [0, 0.1) is 6.92 Å². The van der Waals surface area contributed by atoms with E-state index in [9.17, 15) is 4.79 Å². The molecule has 168 valence electrons. The number of ether oxygens (including phenoxy) is 1. The first-order valence-electron chi connectivity index (χ1n) is 11.1. The van der Waals surface area contributed by atoms with Gasteiger partial charge < -0.3 is 9.64 Å². The van der Waals surface area contributed by atoms with Gasteiger partial charge in [0.25, 0.3) is 5.91 Å². The van der Waals surface area contributed by atoms with Gasteiger partial charge in [0.15, 0.2) is 5.82 Å². The highest BCUT2D eigenvalue weighted by Crippen LogP contribution is 2.17. The average Bonchev–Trinajstić information content (AvgIpc) is 3.27. The van der Waals surface area contributed by atoms with Crippen molar-refractivity contribution in [2.75, 3.05) is 26.2 Å². The van der Waals surface area contributed by atoms with Crippen LogP contribution in [0.2, 0.25) is 0 Å². The molecule has 32 heavy (non-hydrogen) atoms. The predicted octanol–water partition coefficient (Wildman–Crippen LogP) is 3.10. The first kappa shape index (κ1) is 22.0. The van der Waals surface area contributed by atoms with E-state index in [1.54, 1.807) is 4.68 Å². The zero-order chi connectivity index (χ0) is 22.5. The van der Waals surface area contributed by atoms with Crippen LogP contribution in [0.4, 0.5) is 0 Å². The van der Waals surface area contributed by atoms with Crippen LogP contribution in [0.3, 0.4) is 0 Å². The first-order chi connectivity index (χ1) is 15.5. The van der Waals surface area contributed by atoms with Gasteiger partial charge in [-0.3, -0.25) is 9.69 Å².